The molecule has 1 aromatic heterocycles. The maximum Gasteiger partial charge on any atom is 0.321 e. The third-order valence-corrected chi connectivity index (χ3v) is 6.38. The Kier molecular flexibility index (Phi) is 5.56. The van der Waals surface area contributed by atoms with Crippen LogP contribution in [0.1, 0.15) is 24.5 Å². The standard InChI is InChI=1S/C22H25ClN2O3/c1-3-14-13-25-9-7-15(14)10-20(25)22(28-21(26)12-23)17-6-8-24-19-5-4-16(27-2)11-18(17)19/h3-6,8,11,14-15,20,22H,1,7,9-10,12-13H2,2H3/t14?,15?,20?,22-/m1/s1. The number of methoxy groups -OCH3 is 1. The molecule has 4 unspecified atom stereocenters. The molecule has 0 N–H and O–H groups in total. The van der Waals surface area contributed by atoms with Gasteiger partial charge in [0.2, 0.25) is 0 Å². The highest BCUT2D eigenvalue weighted by atomic mass is 35.5. The van der Waals surface area contributed by atoms with E-state index in [1.807, 2.05) is 24.3 Å². The molecule has 1 aromatic carbocycles. The number of pyridine rings is 1. The monoisotopic (exact) mass is 400 g/mol. The van der Waals surface area contributed by atoms with E-state index in [1.54, 1.807) is 13.3 Å². The normalized spacial score (nSPS) is 27.4. The van der Waals surface area contributed by atoms with Gasteiger partial charge in [-0.15, -0.1) is 18.2 Å². The molecular formula is C22H25ClN2O3. The number of alkyl halides is 1. The molecule has 5 nitrogen and oxygen atoms in total. The largest absolute Gasteiger partial charge is 0.497 e. The minimum atomic E-state index is -0.401. The average Bonchev–Trinajstić information content (AvgIpc) is 2.76. The van der Waals surface area contributed by atoms with Crippen molar-refractivity contribution in [3.8, 4) is 5.75 Å². The minimum absolute atomic E-state index is 0.124. The molecule has 0 spiro atoms. The lowest BCUT2D eigenvalue weighted by molar-refractivity contribution is -0.154. The summed E-state index contributed by atoms with van der Waals surface area (Å²) in [6, 6.07) is 7.85. The summed E-state index contributed by atoms with van der Waals surface area (Å²) in [7, 11) is 1.64. The molecule has 3 fully saturated rings. The first kappa shape index (κ1) is 19.2. The fraction of sp³-hybridized carbons (Fsp3) is 0.455. The van der Waals surface area contributed by atoms with Crippen molar-refractivity contribution in [1.82, 2.24) is 9.88 Å². The van der Waals surface area contributed by atoms with Gasteiger partial charge in [-0.05, 0) is 55.5 Å². The summed E-state index contributed by atoms with van der Waals surface area (Å²) in [4.78, 5) is 19.1. The highest BCUT2D eigenvalue weighted by Gasteiger charge is 2.44. The van der Waals surface area contributed by atoms with Crippen molar-refractivity contribution in [2.75, 3.05) is 26.1 Å². The molecule has 5 atom stereocenters. The van der Waals surface area contributed by atoms with Crippen LogP contribution in [0, 0.1) is 11.8 Å². The van der Waals surface area contributed by atoms with Crippen LogP contribution in [0.5, 0.6) is 5.75 Å². The molecule has 0 amide bonds. The van der Waals surface area contributed by atoms with E-state index in [4.69, 9.17) is 21.1 Å². The van der Waals surface area contributed by atoms with E-state index < -0.39 is 12.1 Å². The van der Waals surface area contributed by atoms with Gasteiger partial charge >= 0.3 is 5.97 Å². The molecule has 2 bridgehead atoms. The van der Waals surface area contributed by atoms with E-state index in [9.17, 15) is 4.79 Å². The number of carbonyl (C=O) groups excluding carboxylic acids is 1. The van der Waals surface area contributed by atoms with Gasteiger partial charge in [0.15, 0.2) is 0 Å². The van der Waals surface area contributed by atoms with Gasteiger partial charge < -0.3 is 9.47 Å². The molecule has 3 aliphatic heterocycles. The lowest BCUT2D eigenvalue weighted by Gasteiger charge is -2.51. The molecule has 2 aromatic rings. The molecule has 5 rings (SSSR count). The Balaban J connectivity index is 1.76. The van der Waals surface area contributed by atoms with Crippen molar-refractivity contribution in [3.63, 3.8) is 0 Å². The van der Waals surface area contributed by atoms with Crippen LogP contribution < -0.4 is 4.74 Å². The van der Waals surface area contributed by atoms with E-state index in [0.717, 1.165) is 48.1 Å². The van der Waals surface area contributed by atoms with Gasteiger partial charge in [0, 0.05) is 23.7 Å². The number of hydrogen-bond acceptors (Lipinski definition) is 5. The Hall–Kier alpha value is -2.11. The summed E-state index contributed by atoms with van der Waals surface area (Å²) >= 11 is 5.78. The first-order chi connectivity index (χ1) is 13.6. The van der Waals surface area contributed by atoms with Crippen molar-refractivity contribution >= 4 is 28.5 Å². The fourth-order valence-electron chi connectivity index (χ4n) is 4.74. The molecule has 0 saturated carbocycles. The Morgan fingerprint density at radius 1 is 1.46 bits per heavy atom. The summed E-state index contributed by atoms with van der Waals surface area (Å²) in [6.07, 6.45) is 5.59. The van der Waals surface area contributed by atoms with Gasteiger partial charge in [0.25, 0.3) is 0 Å². The van der Waals surface area contributed by atoms with Crippen molar-refractivity contribution < 1.29 is 14.3 Å². The van der Waals surface area contributed by atoms with E-state index in [-0.39, 0.29) is 11.9 Å². The fourth-order valence-corrected chi connectivity index (χ4v) is 4.80. The van der Waals surface area contributed by atoms with Gasteiger partial charge in [-0.3, -0.25) is 14.7 Å². The third-order valence-electron chi connectivity index (χ3n) is 6.16. The number of ether oxygens (including phenoxy) is 2. The van der Waals surface area contributed by atoms with Crippen LogP contribution in [0.2, 0.25) is 0 Å². The second kappa shape index (κ2) is 8.10. The van der Waals surface area contributed by atoms with Gasteiger partial charge in [-0.1, -0.05) is 6.08 Å². The number of piperidine rings is 3. The number of benzene rings is 1. The van der Waals surface area contributed by atoms with Crippen molar-refractivity contribution in [2.24, 2.45) is 11.8 Å². The molecule has 6 heteroatoms. The predicted octanol–water partition coefficient (Wildman–Crippen LogP) is 3.96. The smallest absolute Gasteiger partial charge is 0.321 e. The summed E-state index contributed by atoms with van der Waals surface area (Å²) in [5, 5.41) is 0.942. The number of aromatic nitrogens is 1. The summed E-state index contributed by atoms with van der Waals surface area (Å²) in [6.45, 7) is 5.97. The number of hydrogen-bond donors (Lipinski definition) is 0. The summed E-state index contributed by atoms with van der Waals surface area (Å²) in [5.74, 6) is 1.27. The van der Waals surface area contributed by atoms with Crippen LogP contribution in [0.4, 0.5) is 0 Å². The van der Waals surface area contributed by atoms with Gasteiger partial charge in [0.1, 0.15) is 17.7 Å². The van der Waals surface area contributed by atoms with E-state index >= 15 is 0 Å². The second-order valence-corrected chi connectivity index (χ2v) is 7.84. The predicted molar refractivity (Wildman–Crippen MR) is 110 cm³/mol. The third kappa shape index (κ3) is 3.49. The number of halogens is 1. The highest BCUT2D eigenvalue weighted by molar-refractivity contribution is 6.26. The molecule has 0 aliphatic carbocycles. The van der Waals surface area contributed by atoms with Crippen LogP contribution >= 0.6 is 11.6 Å². The van der Waals surface area contributed by atoms with Gasteiger partial charge in [0.05, 0.1) is 18.7 Å². The van der Waals surface area contributed by atoms with Crippen LogP contribution in [-0.4, -0.2) is 48.0 Å². The second-order valence-electron chi connectivity index (χ2n) is 7.57. The maximum atomic E-state index is 12.2. The van der Waals surface area contributed by atoms with E-state index in [0.29, 0.717) is 11.8 Å². The molecule has 148 valence electrons. The molecular weight excluding hydrogens is 376 g/mol. The van der Waals surface area contributed by atoms with Crippen LogP contribution in [0.3, 0.4) is 0 Å². The zero-order valence-electron chi connectivity index (χ0n) is 16.0. The highest BCUT2D eigenvalue weighted by Crippen LogP contribution is 2.43. The van der Waals surface area contributed by atoms with Crippen molar-refractivity contribution in [3.05, 3.63) is 48.7 Å². The zero-order chi connectivity index (χ0) is 19.7. The van der Waals surface area contributed by atoms with E-state index in [1.165, 1.54) is 0 Å². The lowest BCUT2D eigenvalue weighted by atomic mass is 9.73. The van der Waals surface area contributed by atoms with Crippen molar-refractivity contribution in [1.29, 1.82) is 0 Å². The number of esters is 1. The van der Waals surface area contributed by atoms with Crippen LogP contribution in [0.25, 0.3) is 10.9 Å². The Morgan fingerprint density at radius 2 is 2.32 bits per heavy atom. The molecule has 0 radical (unpaired) electrons. The number of carbonyl (C=O) groups is 1. The topological polar surface area (TPSA) is 51.7 Å². The number of fused-ring (bicyclic) bond motifs is 4. The number of nitrogens with zero attached hydrogens (tertiary/aromatic N) is 2. The SMILES string of the molecule is C=CC1CN2CCC1CC2[C@H](OC(=O)CCl)c1ccnc2ccc(OC)cc12. The van der Waals surface area contributed by atoms with E-state index in [2.05, 4.69) is 22.5 Å². The minimum Gasteiger partial charge on any atom is -0.497 e. The van der Waals surface area contributed by atoms with Crippen LogP contribution in [0.15, 0.2) is 43.1 Å². The molecule has 4 heterocycles. The summed E-state index contributed by atoms with van der Waals surface area (Å²) in [5.41, 5.74) is 1.81. The zero-order valence-corrected chi connectivity index (χ0v) is 16.8. The van der Waals surface area contributed by atoms with Gasteiger partial charge in [-0.2, -0.15) is 0 Å². The van der Waals surface area contributed by atoms with Crippen molar-refractivity contribution in [2.45, 2.75) is 25.0 Å². The van der Waals surface area contributed by atoms with Gasteiger partial charge in [-0.25, -0.2) is 0 Å². The average molecular weight is 401 g/mol. The Labute approximate surface area is 170 Å². The van der Waals surface area contributed by atoms with Crippen LogP contribution in [-0.2, 0) is 9.53 Å². The molecule has 3 saturated heterocycles. The molecule has 3 aliphatic rings. The quantitative estimate of drug-likeness (QED) is 0.417. The first-order valence-corrected chi connectivity index (χ1v) is 10.2. The Morgan fingerprint density at radius 3 is 3.00 bits per heavy atom. The summed E-state index contributed by atoms with van der Waals surface area (Å²) < 4.78 is 11.3. The molecule has 28 heavy (non-hydrogen) atoms. The Bertz CT molecular complexity index is 887. The maximum absolute atomic E-state index is 12.2. The first-order valence-electron chi connectivity index (χ1n) is 9.69. The lowest BCUT2D eigenvalue weighted by Crippen LogP contribution is -2.55. The number of rotatable bonds is 6.